The second-order valence-electron chi connectivity index (χ2n) is 2.47. The molecule has 13 heavy (non-hydrogen) atoms. The maximum Gasteiger partial charge on any atom is 0.0628 e. The monoisotopic (exact) mass is 181 g/mol. The molecule has 0 heterocycles. The highest BCUT2D eigenvalue weighted by atomic mass is 15.4. The molecule has 0 aliphatic carbocycles. The van der Waals surface area contributed by atoms with Crippen molar-refractivity contribution >= 4 is 11.4 Å². The molecular weight excluding hydrogens is 166 g/mol. The molecule has 5 heteroatoms. The standard InChI is InChI=1S/C8H15N5/c9-5-11-7-2-1-3-8(4-7)13-12-6-10/h1-4,11-13H,5-6,9-10H2. The molecule has 1 rings (SSSR count). The molecule has 0 radical (unpaired) electrons. The van der Waals surface area contributed by atoms with Gasteiger partial charge in [-0.15, -0.1) is 0 Å². The van der Waals surface area contributed by atoms with Gasteiger partial charge in [0, 0.05) is 5.69 Å². The predicted octanol–water partition coefficient (Wildman–Crippen LogP) is -0.153. The van der Waals surface area contributed by atoms with Gasteiger partial charge >= 0.3 is 0 Å². The number of nitrogens with two attached hydrogens (primary N) is 2. The van der Waals surface area contributed by atoms with E-state index < -0.39 is 0 Å². The zero-order valence-electron chi connectivity index (χ0n) is 7.38. The van der Waals surface area contributed by atoms with Crippen LogP contribution in [0.15, 0.2) is 24.3 Å². The molecule has 0 unspecified atom stereocenters. The molecule has 1 aromatic rings. The third-order valence-electron chi connectivity index (χ3n) is 1.50. The second kappa shape index (κ2) is 5.36. The maximum atomic E-state index is 5.34. The quantitative estimate of drug-likeness (QED) is 0.322. The van der Waals surface area contributed by atoms with E-state index in [0.29, 0.717) is 13.3 Å². The van der Waals surface area contributed by atoms with Crippen molar-refractivity contribution in [3.8, 4) is 0 Å². The lowest BCUT2D eigenvalue weighted by atomic mass is 10.3. The molecule has 0 fully saturated rings. The number of hydrazine groups is 1. The van der Waals surface area contributed by atoms with E-state index in [4.69, 9.17) is 11.5 Å². The number of hydrogen-bond acceptors (Lipinski definition) is 5. The maximum absolute atomic E-state index is 5.34. The summed E-state index contributed by atoms with van der Waals surface area (Å²) in [4.78, 5) is 0. The summed E-state index contributed by atoms with van der Waals surface area (Å²) in [6.45, 7) is 0.808. The van der Waals surface area contributed by atoms with Gasteiger partial charge in [-0.3, -0.25) is 0 Å². The summed E-state index contributed by atoms with van der Waals surface area (Å²) < 4.78 is 0. The molecule has 0 saturated heterocycles. The molecule has 0 atom stereocenters. The normalized spacial score (nSPS) is 9.69. The van der Waals surface area contributed by atoms with Gasteiger partial charge in [-0.25, -0.2) is 5.43 Å². The fourth-order valence-corrected chi connectivity index (χ4v) is 0.978. The van der Waals surface area contributed by atoms with Crippen LogP contribution in [-0.4, -0.2) is 13.3 Å². The lowest BCUT2D eigenvalue weighted by Crippen LogP contribution is -2.28. The molecule has 0 aromatic heterocycles. The highest BCUT2D eigenvalue weighted by Gasteiger charge is 1.92. The van der Waals surface area contributed by atoms with Crippen LogP contribution in [-0.2, 0) is 0 Å². The van der Waals surface area contributed by atoms with E-state index in [1.54, 1.807) is 0 Å². The molecule has 1 aromatic carbocycles. The van der Waals surface area contributed by atoms with Crippen LogP contribution in [0.4, 0.5) is 11.4 Å². The van der Waals surface area contributed by atoms with Crippen LogP contribution >= 0.6 is 0 Å². The molecule has 0 bridgehead atoms. The predicted molar refractivity (Wildman–Crippen MR) is 54.9 cm³/mol. The fourth-order valence-electron chi connectivity index (χ4n) is 0.978. The number of hydrogen-bond donors (Lipinski definition) is 5. The minimum absolute atomic E-state index is 0.383. The van der Waals surface area contributed by atoms with E-state index in [-0.39, 0.29) is 0 Å². The van der Waals surface area contributed by atoms with Gasteiger partial charge in [-0.1, -0.05) is 6.07 Å². The van der Waals surface area contributed by atoms with Crippen molar-refractivity contribution in [2.45, 2.75) is 0 Å². The zero-order chi connectivity index (χ0) is 9.52. The van der Waals surface area contributed by atoms with Gasteiger partial charge in [-0.2, -0.15) is 0 Å². The molecule has 72 valence electrons. The Morgan fingerprint density at radius 1 is 1.08 bits per heavy atom. The first-order valence-electron chi connectivity index (χ1n) is 4.09. The minimum atomic E-state index is 0.383. The van der Waals surface area contributed by atoms with Gasteiger partial charge in [0.25, 0.3) is 0 Å². The van der Waals surface area contributed by atoms with E-state index in [1.807, 2.05) is 24.3 Å². The van der Waals surface area contributed by atoms with E-state index >= 15 is 0 Å². The minimum Gasteiger partial charge on any atom is -0.373 e. The number of rotatable bonds is 5. The molecule has 0 aliphatic rings. The van der Waals surface area contributed by atoms with E-state index in [0.717, 1.165) is 11.4 Å². The highest BCUT2D eigenvalue weighted by Crippen LogP contribution is 2.13. The lowest BCUT2D eigenvalue weighted by Gasteiger charge is -2.08. The van der Waals surface area contributed by atoms with E-state index in [1.165, 1.54) is 0 Å². The van der Waals surface area contributed by atoms with E-state index in [9.17, 15) is 0 Å². The molecule has 0 saturated carbocycles. The Balaban J connectivity index is 2.56. The van der Waals surface area contributed by atoms with Crippen LogP contribution < -0.4 is 27.6 Å². The number of benzene rings is 1. The van der Waals surface area contributed by atoms with Crippen LogP contribution in [0.1, 0.15) is 0 Å². The average molecular weight is 181 g/mol. The molecular formula is C8H15N5. The first kappa shape index (κ1) is 9.79. The van der Waals surface area contributed by atoms with Gasteiger partial charge in [0.15, 0.2) is 0 Å². The van der Waals surface area contributed by atoms with Crippen molar-refractivity contribution in [2.24, 2.45) is 11.5 Å². The van der Waals surface area contributed by atoms with Gasteiger partial charge < -0.3 is 22.2 Å². The lowest BCUT2D eigenvalue weighted by molar-refractivity contribution is 0.817. The molecule has 7 N–H and O–H groups in total. The second-order valence-corrected chi connectivity index (χ2v) is 2.47. The van der Waals surface area contributed by atoms with Crippen molar-refractivity contribution in [2.75, 3.05) is 24.1 Å². The van der Waals surface area contributed by atoms with Crippen molar-refractivity contribution in [3.63, 3.8) is 0 Å². The van der Waals surface area contributed by atoms with Crippen LogP contribution in [0.25, 0.3) is 0 Å². The summed E-state index contributed by atoms with van der Waals surface area (Å²) in [5, 5.41) is 3.00. The fraction of sp³-hybridized carbons (Fsp3) is 0.250. The van der Waals surface area contributed by atoms with E-state index in [2.05, 4.69) is 16.2 Å². The molecule has 5 nitrogen and oxygen atoms in total. The Labute approximate surface area is 77.5 Å². The van der Waals surface area contributed by atoms with Gasteiger partial charge in [0.05, 0.1) is 19.0 Å². The third kappa shape index (κ3) is 3.29. The summed E-state index contributed by atoms with van der Waals surface area (Å²) in [5.41, 5.74) is 18.3. The first-order chi connectivity index (χ1) is 6.36. The largest absolute Gasteiger partial charge is 0.373 e. The van der Waals surface area contributed by atoms with Crippen LogP contribution in [0.5, 0.6) is 0 Å². The highest BCUT2D eigenvalue weighted by molar-refractivity contribution is 5.56. The SMILES string of the molecule is NCNNc1cccc(NCN)c1. The Hall–Kier alpha value is -1.30. The Bertz CT molecular complexity index is 250. The van der Waals surface area contributed by atoms with Gasteiger partial charge in [0.2, 0.25) is 0 Å². The Kier molecular flexibility index (Phi) is 4.04. The Morgan fingerprint density at radius 2 is 1.85 bits per heavy atom. The smallest absolute Gasteiger partial charge is 0.0628 e. The Morgan fingerprint density at radius 3 is 2.54 bits per heavy atom. The average Bonchev–Trinajstić information content (AvgIpc) is 2.16. The van der Waals surface area contributed by atoms with Gasteiger partial charge in [-0.05, 0) is 18.2 Å². The van der Waals surface area contributed by atoms with Crippen LogP contribution in [0.3, 0.4) is 0 Å². The summed E-state index contributed by atoms with van der Waals surface area (Å²) in [6.07, 6.45) is 0. The zero-order valence-corrected chi connectivity index (χ0v) is 7.38. The summed E-state index contributed by atoms with van der Waals surface area (Å²) in [6, 6.07) is 7.75. The van der Waals surface area contributed by atoms with Crippen molar-refractivity contribution < 1.29 is 0 Å². The van der Waals surface area contributed by atoms with Gasteiger partial charge in [0.1, 0.15) is 0 Å². The molecule has 0 spiro atoms. The van der Waals surface area contributed by atoms with Crippen LogP contribution in [0.2, 0.25) is 0 Å². The van der Waals surface area contributed by atoms with Crippen molar-refractivity contribution in [3.05, 3.63) is 24.3 Å². The number of nitrogens with one attached hydrogen (secondary N) is 3. The third-order valence-corrected chi connectivity index (χ3v) is 1.50. The molecule has 0 aliphatic heterocycles. The van der Waals surface area contributed by atoms with Crippen LogP contribution in [0, 0.1) is 0 Å². The summed E-state index contributed by atoms with van der Waals surface area (Å²) >= 11 is 0. The summed E-state index contributed by atoms with van der Waals surface area (Å²) in [5.74, 6) is 0. The van der Waals surface area contributed by atoms with Crippen molar-refractivity contribution in [1.29, 1.82) is 0 Å². The first-order valence-corrected chi connectivity index (χ1v) is 4.09. The summed E-state index contributed by atoms with van der Waals surface area (Å²) in [7, 11) is 0. The molecule has 0 amide bonds. The van der Waals surface area contributed by atoms with Crippen molar-refractivity contribution in [1.82, 2.24) is 5.43 Å². The number of anilines is 2. The topological polar surface area (TPSA) is 88.1 Å².